The summed E-state index contributed by atoms with van der Waals surface area (Å²) in [6.07, 6.45) is 7.27. The molecule has 1 saturated carbocycles. The third-order valence-corrected chi connectivity index (χ3v) is 4.17. The Kier molecular flexibility index (Phi) is 2.67. The molecule has 0 spiro atoms. The van der Waals surface area contributed by atoms with Crippen LogP contribution >= 0.6 is 0 Å². The zero-order valence-electron chi connectivity index (χ0n) is 9.89. The van der Waals surface area contributed by atoms with E-state index in [-0.39, 0.29) is 0 Å². The fourth-order valence-electron chi connectivity index (χ4n) is 3.14. The minimum absolute atomic E-state index is 0.558. The zero-order chi connectivity index (χ0) is 11.0. The summed E-state index contributed by atoms with van der Waals surface area (Å²) in [6, 6.07) is 0.665. The van der Waals surface area contributed by atoms with Crippen LogP contribution in [0, 0.1) is 5.92 Å². The number of nitrogens with one attached hydrogen (secondary N) is 1. The van der Waals surface area contributed by atoms with E-state index in [9.17, 15) is 0 Å². The number of aromatic nitrogens is 3. The lowest BCUT2D eigenvalue weighted by Gasteiger charge is -2.19. The quantitative estimate of drug-likeness (QED) is 0.825. The summed E-state index contributed by atoms with van der Waals surface area (Å²) >= 11 is 0. The molecule has 2 atom stereocenters. The summed E-state index contributed by atoms with van der Waals surface area (Å²) in [5, 5.41) is 11.9. The molecule has 1 aromatic heterocycles. The summed E-state index contributed by atoms with van der Waals surface area (Å²) in [5.41, 5.74) is 0. The molecule has 0 unspecified atom stereocenters. The van der Waals surface area contributed by atoms with Gasteiger partial charge in [-0.25, -0.2) is 0 Å². The van der Waals surface area contributed by atoms with E-state index in [1.807, 2.05) is 6.33 Å². The average Bonchev–Trinajstić information content (AvgIpc) is 2.95. The second-order valence-electron chi connectivity index (χ2n) is 5.28. The first kappa shape index (κ1) is 10.3. The Morgan fingerprint density at radius 2 is 2.12 bits per heavy atom. The van der Waals surface area contributed by atoms with Gasteiger partial charge < -0.3 is 9.88 Å². The van der Waals surface area contributed by atoms with E-state index in [1.165, 1.54) is 31.5 Å². The Hall–Kier alpha value is -0.900. The van der Waals surface area contributed by atoms with Gasteiger partial charge >= 0.3 is 0 Å². The van der Waals surface area contributed by atoms with Gasteiger partial charge in [0, 0.05) is 18.5 Å². The topological polar surface area (TPSA) is 42.7 Å². The van der Waals surface area contributed by atoms with Gasteiger partial charge in [0.2, 0.25) is 0 Å². The van der Waals surface area contributed by atoms with Crippen LogP contribution in [0.5, 0.6) is 0 Å². The highest BCUT2D eigenvalue weighted by atomic mass is 15.3. The first-order valence-electron chi connectivity index (χ1n) is 6.46. The van der Waals surface area contributed by atoms with Crippen LogP contribution in [0.1, 0.15) is 50.4 Å². The highest BCUT2D eigenvalue weighted by molar-refractivity contribution is 5.05. The second-order valence-corrected chi connectivity index (χ2v) is 5.28. The molecule has 0 aromatic carbocycles. The molecule has 1 aliphatic heterocycles. The highest BCUT2D eigenvalue weighted by Crippen LogP contribution is 2.34. The maximum absolute atomic E-state index is 4.37. The van der Waals surface area contributed by atoms with Crippen LogP contribution in [0.2, 0.25) is 0 Å². The Morgan fingerprint density at radius 1 is 1.31 bits per heavy atom. The molecular formula is C12H20N4. The SMILES string of the molecule is C[C@@H]1CNC[C@H]1c1nncn1C1CCCC1. The van der Waals surface area contributed by atoms with Crippen molar-refractivity contribution in [1.82, 2.24) is 20.1 Å². The Morgan fingerprint density at radius 3 is 2.81 bits per heavy atom. The number of hydrogen-bond acceptors (Lipinski definition) is 3. The van der Waals surface area contributed by atoms with Gasteiger partial charge in [0.25, 0.3) is 0 Å². The molecule has 88 valence electrons. The van der Waals surface area contributed by atoms with Crippen molar-refractivity contribution >= 4 is 0 Å². The maximum Gasteiger partial charge on any atom is 0.137 e. The highest BCUT2D eigenvalue weighted by Gasteiger charge is 2.31. The van der Waals surface area contributed by atoms with Gasteiger partial charge in [-0.3, -0.25) is 0 Å². The molecule has 1 aromatic rings. The monoisotopic (exact) mass is 220 g/mol. The summed E-state index contributed by atoms with van der Waals surface area (Å²) in [5.74, 6) is 2.46. The second kappa shape index (κ2) is 4.17. The smallest absolute Gasteiger partial charge is 0.137 e. The molecule has 1 N–H and O–H groups in total. The van der Waals surface area contributed by atoms with Crippen molar-refractivity contribution in [3.05, 3.63) is 12.2 Å². The average molecular weight is 220 g/mol. The molecule has 4 heteroatoms. The predicted octanol–water partition coefficient (Wildman–Crippen LogP) is 1.72. The largest absolute Gasteiger partial charge is 0.316 e. The number of hydrogen-bond donors (Lipinski definition) is 1. The molecule has 2 heterocycles. The lowest BCUT2D eigenvalue weighted by Crippen LogP contribution is -2.17. The first-order chi connectivity index (χ1) is 7.86. The molecule has 0 amide bonds. The van der Waals surface area contributed by atoms with Crippen LogP contribution in [-0.2, 0) is 0 Å². The van der Waals surface area contributed by atoms with Crippen molar-refractivity contribution in [3.63, 3.8) is 0 Å². The van der Waals surface area contributed by atoms with Crippen LogP contribution in [-0.4, -0.2) is 27.9 Å². The molecular weight excluding hydrogens is 200 g/mol. The lowest BCUT2D eigenvalue weighted by molar-refractivity contribution is 0.452. The van der Waals surface area contributed by atoms with Gasteiger partial charge in [-0.05, 0) is 25.3 Å². The van der Waals surface area contributed by atoms with Crippen molar-refractivity contribution < 1.29 is 0 Å². The van der Waals surface area contributed by atoms with Crippen LogP contribution in [0.15, 0.2) is 6.33 Å². The van der Waals surface area contributed by atoms with Crippen LogP contribution in [0.3, 0.4) is 0 Å². The molecule has 4 nitrogen and oxygen atoms in total. The lowest BCUT2D eigenvalue weighted by atomic mass is 9.97. The number of rotatable bonds is 2. The summed E-state index contributed by atoms with van der Waals surface area (Å²) in [4.78, 5) is 0. The summed E-state index contributed by atoms with van der Waals surface area (Å²) in [7, 11) is 0. The molecule has 2 aliphatic rings. The third kappa shape index (κ3) is 1.65. The van der Waals surface area contributed by atoms with Gasteiger partial charge in [0.15, 0.2) is 0 Å². The van der Waals surface area contributed by atoms with E-state index in [1.54, 1.807) is 0 Å². The molecule has 1 aliphatic carbocycles. The minimum atomic E-state index is 0.558. The first-order valence-corrected chi connectivity index (χ1v) is 6.46. The van der Waals surface area contributed by atoms with Crippen LogP contribution < -0.4 is 5.32 Å². The van der Waals surface area contributed by atoms with Gasteiger partial charge in [-0.15, -0.1) is 10.2 Å². The molecule has 1 saturated heterocycles. The van der Waals surface area contributed by atoms with Gasteiger partial charge in [-0.2, -0.15) is 0 Å². The molecule has 3 rings (SSSR count). The minimum Gasteiger partial charge on any atom is -0.316 e. The maximum atomic E-state index is 4.37. The Bertz CT molecular complexity index is 354. The van der Waals surface area contributed by atoms with E-state index in [4.69, 9.17) is 0 Å². The summed E-state index contributed by atoms with van der Waals surface area (Å²) < 4.78 is 2.35. The van der Waals surface area contributed by atoms with Crippen LogP contribution in [0.25, 0.3) is 0 Å². The van der Waals surface area contributed by atoms with Crippen molar-refractivity contribution in [2.24, 2.45) is 5.92 Å². The zero-order valence-corrected chi connectivity index (χ0v) is 9.89. The van der Waals surface area contributed by atoms with Crippen molar-refractivity contribution in [3.8, 4) is 0 Å². The van der Waals surface area contributed by atoms with Gasteiger partial charge in [0.1, 0.15) is 12.2 Å². The fraction of sp³-hybridized carbons (Fsp3) is 0.833. The molecule has 2 fully saturated rings. The van der Waals surface area contributed by atoms with Gasteiger partial charge in [-0.1, -0.05) is 19.8 Å². The van der Waals surface area contributed by atoms with Crippen molar-refractivity contribution in [2.45, 2.75) is 44.6 Å². The molecule has 0 bridgehead atoms. The van der Waals surface area contributed by atoms with E-state index in [0.29, 0.717) is 17.9 Å². The standard InChI is InChI=1S/C12H20N4/c1-9-6-13-7-11(9)12-15-14-8-16(12)10-4-2-3-5-10/h8-11,13H,2-7H2,1H3/t9-,11-/m1/s1. The van der Waals surface area contributed by atoms with Crippen molar-refractivity contribution in [2.75, 3.05) is 13.1 Å². The Labute approximate surface area is 96.4 Å². The fourth-order valence-corrected chi connectivity index (χ4v) is 3.14. The van der Waals surface area contributed by atoms with Crippen molar-refractivity contribution in [1.29, 1.82) is 0 Å². The van der Waals surface area contributed by atoms with E-state index in [2.05, 4.69) is 27.0 Å². The van der Waals surface area contributed by atoms with Crippen LogP contribution in [0.4, 0.5) is 0 Å². The van der Waals surface area contributed by atoms with E-state index < -0.39 is 0 Å². The van der Waals surface area contributed by atoms with Gasteiger partial charge in [0.05, 0.1) is 0 Å². The number of nitrogens with zero attached hydrogens (tertiary/aromatic N) is 3. The predicted molar refractivity (Wildman–Crippen MR) is 62.3 cm³/mol. The molecule has 16 heavy (non-hydrogen) atoms. The van der Waals surface area contributed by atoms with E-state index in [0.717, 1.165) is 13.1 Å². The third-order valence-electron chi connectivity index (χ3n) is 4.17. The summed E-state index contributed by atoms with van der Waals surface area (Å²) in [6.45, 7) is 4.48. The normalized spacial score (nSPS) is 31.3. The molecule has 0 radical (unpaired) electrons. The van der Waals surface area contributed by atoms with E-state index >= 15 is 0 Å². The Balaban J connectivity index is 1.86.